The fourth-order valence-electron chi connectivity index (χ4n) is 4.94. The van der Waals surface area contributed by atoms with Gasteiger partial charge in [-0.2, -0.15) is 5.10 Å². The van der Waals surface area contributed by atoms with Gasteiger partial charge in [-0.25, -0.2) is 0 Å². The number of nitrogens with zero attached hydrogens (tertiary/aromatic N) is 3. The first kappa shape index (κ1) is 27.7. The van der Waals surface area contributed by atoms with Gasteiger partial charge in [-0.3, -0.25) is 4.68 Å². The van der Waals surface area contributed by atoms with Crippen LogP contribution in [0.5, 0.6) is 5.75 Å². The van der Waals surface area contributed by atoms with E-state index in [2.05, 4.69) is 61.9 Å². The summed E-state index contributed by atoms with van der Waals surface area (Å²) in [5.41, 5.74) is 5.79. The van der Waals surface area contributed by atoms with Crippen LogP contribution in [0.15, 0.2) is 59.3 Å². The van der Waals surface area contributed by atoms with Crippen molar-refractivity contribution in [3.05, 3.63) is 97.8 Å². The molecule has 1 fully saturated rings. The first-order valence-corrected chi connectivity index (χ1v) is 14.6. The summed E-state index contributed by atoms with van der Waals surface area (Å²) in [4.78, 5) is 0. The maximum atomic E-state index is 6.65. The van der Waals surface area contributed by atoms with Crippen molar-refractivity contribution in [3.63, 3.8) is 0 Å². The molecule has 8 heteroatoms. The number of aryl methyl sites for hydroxylation is 1. The Morgan fingerprint density at radius 2 is 1.76 bits per heavy atom. The lowest BCUT2D eigenvalue weighted by Gasteiger charge is -2.20. The summed E-state index contributed by atoms with van der Waals surface area (Å²) in [5, 5.41) is 11.6. The predicted octanol–water partition coefficient (Wildman–Crippen LogP) is 9.57. The van der Waals surface area contributed by atoms with Gasteiger partial charge in [0.25, 0.3) is 0 Å². The van der Waals surface area contributed by atoms with Crippen LogP contribution in [0, 0.1) is 18.8 Å². The summed E-state index contributed by atoms with van der Waals surface area (Å²) in [6, 6.07) is 15.1. The molecular formula is C33H28Cl3N3O2. The molecule has 2 heterocycles. The average Bonchev–Trinajstić information content (AvgIpc) is 3.51. The molecule has 2 aromatic heterocycles. The van der Waals surface area contributed by atoms with Crippen molar-refractivity contribution in [1.29, 1.82) is 0 Å². The van der Waals surface area contributed by atoms with Crippen LogP contribution in [0.25, 0.3) is 22.2 Å². The van der Waals surface area contributed by atoms with Crippen molar-refractivity contribution >= 4 is 45.7 Å². The third kappa shape index (κ3) is 5.57. The van der Waals surface area contributed by atoms with E-state index >= 15 is 0 Å². The molecule has 0 N–H and O–H groups in total. The Hall–Kier alpha value is -3.43. The highest BCUT2D eigenvalue weighted by atomic mass is 35.5. The molecule has 3 aromatic carbocycles. The Balaban J connectivity index is 1.25. The lowest BCUT2D eigenvalue weighted by Crippen LogP contribution is -2.22. The Bertz CT molecular complexity index is 1830. The molecule has 0 bridgehead atoms. The van der Waals surface area contributed by atoms with Gasteiger partial charge in [-0.15, -0.1) is 0 Å². The van der Waals surface area contributed by atoms with E-state index in [1.165, 1.54) is 0 Å². The average molecular weight is 605 g/mol. The van der Waals surface area contributed by atoms with E-state index in [-0.39, 0.29) is 12.1 Å². The minimum Gasteiger partial charge on any atom is -0.489 e. The molecule has 0 aliphatic heterocycles. The number of halogens is 3. The first-order chi connectivity index (χ1) is 19.6. The molecule has 5 nitrogen and oxygen atoms in total. The zero-order valence-electron chi connectivity index (χ0n) is 23.2. The lowest BCUT2D eigenvalue weighted by molar-refractivity contribution is 0.300. The van der Waals surface area contributed by atoms with Crippen molar-refractivity contribution in [3.8, 4) is 28.8 Å². The minimum atomic E-state index is -0.133. The van der Waals surface area contributed by atoms with Crippen LogP contribution in [0.4, 0.5) is 0 Å². The quantitative estimate of drug-likeness (QED) is 0.187. The third-order valence-electron chi connectivity index (χ3n) is 7.16. The second-order valence-corrected chi connectivity index (χ2v) is 12.6. The van der Waals surface area contributed by atoms with Gasteiger partial charge in [0.15, 0.2) is 0 Å². The molecule has 0 radical (unpaired) electrons. The van der Waals surface area contributed by atoms with Crippen LogP contribution in [0.3, 0.4) is 0 Å². The number of hydrogen-bond acceptors (Lipinski definition) is 4. The van der Waals surface area contributed by atoms with Crippen LogP contribution < -0.4 is 4.74 Å². The van der Waals surface area contributed by atoms with Gasteiger partial charge in [0.05, 0.1) is 37.9 Å². The van der Waals surface area contributed by atoms with Crippen molar-refractivity contribution in [2.24, 2.45) is 0 Å². The number of benzene rings is 3. The van der Waals surface area contributed by atoms with E-state index in [0.717, 1.165) is 46.2 Å². The highest BCUT2D eigenvalue weighted by Crippen LogP contribution is 2.46. The van der Waals surface area contributed by atoms with Crippen LogP contribution in [0.2, 0.25) is 15.1 Å². The highest BCUT2D eigenvalue weighted by molar-refractivity contribution is 6.39. The molecule has 1 aliphatic carbocycles. The SMILES string of the molecule is Cc1cc(C#Cc2ccc(OCc3c(-c4c(Cl)cccc4Cl)noc3C3CC3)cc2Cl)cc2c1cnn2C(C)(C)C. The first-order valence-electron chi connectivity index (χ1n) is 13.5. The smallest absolute Gasteiger partial charge is 0.147 e. The minimum absolute atomic E-state index is 0.133. The maximum Gasteiger partial charge on any atom is 0.147 e. The number of fused-ring (bicyclic) bond motifs is 1. The van der Waals surface area contributed by atoms with E-state index < -0.39 is 0 Å². The van der Waals surface area contributed by atoms with Gasteiger partial charge in [-0.05, 0) is 82.5 Å². The van der Waals surface area contributed by atoms with Gasteiger partial charge in [0, 0.05) is 34.1 Å². The van der Waals surface area contributed by atoms with Crippen molar-refractivity contribution in [2.45, 2.75) is 58.6 Å². The van der Waals surface area contributed by atoms with E-state index in [0.29, 0.717) is 43.6 Å². The van der Waals surface area contributed by atoms with Crippen LogP contribution >= 0.6 is 34.8 Å². The van der Waals surface area contributed by atoms with Gasteiger partial charge in [0.1, 0.15) is 23.8 Å². The zero-order chi connectivity index (χ0) is 28.9. The van der Waals surface area contributed by atoms with Gasteiger partial charge in [-0.1, -0.05) is 57.9 Å². The largest absolute Gasteiger partial charge is 0.489 e. The number of aromatic nitrogens is 3. The molecule has 208 valence electrons. The zero-order valence-corrected chi connectivity index (χ0v) is 25.5. The molecular weight excluding hydrogens is 577 g/mol. The Labute approximate surface area is 254 Å². The molecule has 0 saturated heterocycles. The molecule has 1 aliphatic rings. The number of hydrogen-bond donors (Lipinski definition) is 0. The number of ether oxygens (including phenoxy) is 1. The second kappa shape index (κ2) is 10.8. The molecule has 5 aromatic rings. The second-order valence-electron chi connectivity index (χ2n) is 11.4. The van der Waals surface area contributed by atoms with Crippen molar-refractivity contribution < 1.29 is 9.26 Å². The Kier molecular flexibility index (Phi) is 7.28. The lowest BCUT2D eigenvalue weighted by atomic mass is 10.0. The topological polar surface area (TPSA) is 53.1 Å². The summed E-state index contributed by atoms with van der Waals surface area (Å²) in [6.45, 7) is 8.74. The Morgan fingerprint density at radius 1 is 1.00 bits per heavy atom. The van der Waals surface area contributed by atoms with Gasteiger partial charge in [0.2, 0.25) is 0 Å². The maximum absolute atomic E-state index is 6.65. The highest BCUT2D eigenvalue weighted by Gasteiger charge is 2.33. The predicted molar refractivity (Wildman–Crippen MR) is 165 cm³/mol. The number of rotatable bonds is 5. The monoisotopic (exact) mass is 603 g/mol. The fourth-order valence-corrected chi connectivity index (χ4v) is 5.73. The molecule has 1 saturated carbocycles. The summed E-state index contributed by atoms with van der Waals surface area (Å²) in [6.07, 6.45) is 4.03. The third-order valence-corrected chi connectivity index (χ3v) is 8.11. The molecule has 41 heavy (non-hydrogen) atoms. The summed E-state index contributed by atoms with van der Waals surface area (Å²) in [5.74, 6) is 8.28. The molecule has 0 amide bonds. The normalized spacial score (nSPS) is 13.3. The van der Waals surface area contributed by atoms with Gasteiger partial charge < -0.3 is 9.26 Å². The Morgan fingerprint density at radius 3 is 2.44 bits per heavy atom. The van der Waals surface area contributed by atoms with Gasteiger partial charge >= 0.3 is 0 Å². The standard InChI is InChI=1S/C33H28Cl3N3O2/c1-19-14-20(15-29-24(19)17-37-39(29)33(2,3)4)8-9-21-12-13-23(16-28(21)36)40-18-25-31(38-41-32(25)22-10-11-22)30-26(34)6-5-7-27(30)35/h5-7,12-17,22H,10-11,18H2,1-4H3. The fraction of sp³-hybridized carbons (Fsp3) is 0.273. The van der Waals surface area contributed by atoms with Crippen molar-refractivity contribution in [2.75, 3.05) is 0 Å². The molecule has 0 unspecified atom stereocenters. The van der Waals surface area contributed by atoms with E-state index in [4.69, 9.17) is 44.1 Å². The van der Waals surface area contributed by atoms with E-state index in [1.54, 1.807) is 24.3 Å². The van der Waals surface area contributed by atoms with Crippen LogP contribution in [0.1, 0.15) is 67.5 Å². The summed E-state index contributed by atoms with van der Waals surface area (Å²) >= 11 is 19.6. The molecule has 0 atom stereocenters. The molecule has 6 rings (SSSR count). The van der Waals surface area contributed by atoms with E-state index in [1.807, 2.05) is 23.0 Å². The van der Waals surface area contributed by atoms with Crippen LogP contribution in [-0.2, 0) is 12.1 Å². The summed E-state index contributed by atoms with van der Waals surface area (Å²) in [7, 11) is 0. The summed E-state index contributed by atoms with van der Waals surface area (Å²) < 4.78 is 14.0. The van der Waals surface area contributed by atoms with Crippen LogP contribution in [-0.4, -0.2) is 14.9 Å². The van der Waals surface area contributed by atoms with E-state index in [9.17, 15) is 0 Å². The van der Waals surface area contributed by atoms with Crippen molar-refractivity contribution in [1.82, 2.24) is 14.9 Å². The molecule has 0 spiro atoms.